The van der Waals surface area contributed by atoms with Gasteiger partial charge in [-0.1, -0.05) is 28.1 Å². The first kappa shape index (κ1) is 19.7. The third-order valence-corrected chi connectivity index (χ3v) is 5.03. The fourth-order valence-electron chi connectivity index (χ4n) is 2.67. The van der Waals surface area contributed by atoms with Crippen LogP contribution in [0.15, 0.2) is 40.2 Å². The van der Waals surface area contributed by atoms with Crippen LogP contribution in [0.1, 0.15) is 16.5 Å². The van der Waals surface area contributed by atoms with Gasteiger partial charge in [0.2, 0.25) is 0 Å². The Morgan fingerprint density at radius 1 is 1.18 bits per heavy atom. The maximum absolute atomic E-state index is 10.3. The third-order valence-electron chi connectivity index (χ3n) is 3.62. The van der Waals surface area contributed by atoms with Crippen LogP contribution in [0, 0.1) is 0 Å². The number of rotatable bonds is 3. The van der Waals surface area contributed by atoms with E-state index in [0.29, 0.717) is 5.75 Å². The molecule has 0 radical (unpaired) electrons. The summed E-state index contributed by atoms with van der Waals surface area (Å²) in [6.07, 6.45) is 0. The number of phenols is 1. The normalized spacial score (nSPS) is 16.4. The number of halogens is 3. The van der Waals surface area contributed by atoms with Gasteiger partial charge in [-0.05, 0) is 23.6 Å². The lowest BCUT2D eigenvalue weighted by molar-refractivity contribution is 0.198. The van der Waals surface area contributed by atoms with Crippen LogP contribution in [-0.4, -0.2) is 36.2 Å². The van der Waals surface area contributed by atoms with E-state index in [9.17, 15) is 5.11 Å². The summed E-state index contributed by atoms with van der Waals surface area (Å²) >= 11 is 5.16. The van der Waals surface area contributed by atoms with Crippen molar-refractivity contribution >= 4 is 52.1 Å². The highest BCUT2D eigenvalue weighted by molar-refractivity contribution is 9.10. The molecule has 7 heteroatoms. The smallest absolute Gasteiger partial charge is 0.121 e. The number of benzene rings is 1. The molecule has 122 valence electrons. The lowest BCUT2D eigenvalue weighted by Crippen LogP contribution is -2.45. The van der Waals surface area contributed by atoms with Crippen molar-refractivity contribution in [3.63, 3.8) is 0 Å². The van der Waals surface area contributed by atoms with Gasteiger partial charge in [0, 0.05) is 41.1 Å². The summed E-state index contributed by atoms with van der Waals surface area (Å²) in [5.74, 6) is 0.358. The van der Waals surface area contributed by atoms with E-state index in [-0.39, 0.29) is 30.9 Å². The molecule has 0 aliphatic carbocycles. The van der Waals surface area contributed by atoms with E-state index in [0.717, 1.165) is 36.2 Å². The molecule has 1 saturated heterocycles. The summed E-state index contributed by atoms with van der Waals surface area (Å²) < 4.78 is 0.906. The van der Waals surface area contributed by atoms with Gasteiger partial charge < -0.3 is 10.4 Å². The predicted octanol–water partition coefficient (Wildman–Crippen LogP) is 4.05. The molecule has 1 atom stereocenters. The Balaban J connectivity index is 0.00000121. The minimum absolute atomic E-state index is 0. The van der Waals surface area contributed by atoms with E-state index in [4.69, 9.17) is 0 Å². The third kappa shape index (κ3) is 4.37. The topological polar surface area (TPSA) is 35.5 Å². The number of piperazine rings is 1. The van der Waals surface area contributed by atoms with E-state index in [1.165, 1.54) is 4.88 Å². The second-order valence-corrected chi connectivity index (χ2v) is 6.80. The van der Waals surface area contributed by atoms with Gasteiger partial charge in [-0.15, -0.1) is 36.2 Å². The molecule has 0 bridgehead atoms. The minimum Gasteiger partial charge on any atom is -0.508 e. The zero-order valence-electron chi connectivity index (χ0n) is 11.9. The van der Waals surface area contributed by atoms with Crippen molar-refractivity contribution in [1.29, 1.82) is 0 Å². The van der Waals surface area contributed by atoms with Crippen LogP contribution in [0.2, 0.25) is 0 Å². The van der Waals surface area contributed by atoms with Gasteiger partial charge >= 0.3 is 0 Å². The fraction of sp³-hybridized carbons (Fsp3) is 0.333. The Morgan fingerprint density at radius 2 is 1.91 bits per heavy atom. The first-order valence-electron chi connectivity index (χ1n) is 6.72. The molecule has 1 aromatic heterocycles. The van der Waals surface area contributed by atoms with Crippen molar-refractivity contribution in [3.8, 4) is 5.75 Å². The van der Waals surface area contributed by atoms with Crippen molar-refractivity contribution in [3.05, 3.63) is 50.6 Å². The number of thiophene rings is 1. The molecule has 0 amide bonds. The summed E-state index contributed by atoms with van der Waals surface area (Å²) in [4.78, 5) is 3.72. The molecule has 0 spiro atoms. The van der Waals surface area contributed by atoms with E-state index < -0.39 is 0 Å². The van der Waals surface area contributed by atoms with Gasteiger partial charge in [-0.25, -0.2) is 0 Å². The Bertz CT molecular complexity index is 577. The standard InChI is InChI=1S/C15H17BrN2OS.2ClH/c16-11-3-4-12(13(19)10-11)15(14-2-1-9-20-14)18-7-5-17-6-8-18;;/h1-4,9-10,15,17,19H,5-8H2;2*1H/t15-;;/m0../s1. The Labute approximate surface area is 155 Å². The molecule has 3 rings (SSSR count). The molecular weight excluding hydrogens is 407 g/mol. The second-order valence-electron chi connectivity index (χ2n) is 4.91. The molecule has 1 aliphatic rings. The Morgan fingerprint density at radius 3 is 2.50 bits per heavy atom. The minimum atomic E-state index is 0. The van der Waals surface area contributed by atoms with Crippen LogP contribution in [0.4, 0.5) is 0 Å². The highest BCUT2D eigenvalue weighted by atomic mass is 79.9. The average Bonchev–Trinajstić information content (AvgIpc) is 2.97. The maximum Gasteiger partial charge on any atom is 0.121 e. The van der Waals surface area contributed by atoms with Crippen molar-refractivity contribution in [2.45, 2.75) is 6.04 Å². The van der Waals surface area contributed by atoms with Gasteiger partial charge in [-0.3, -0.25) is 4.90 Å². The van der Waals surface area contributed by atoms with E-state index in [2.05, 4.69) is 43.7 Å². The van der Waals surface area contributed by atoms with Crippen LogP contribution in [-0.2, 0) is 0 Å². The number of nitrogens with zero attached hydrogens (tertiary/aromatic N) is 1. The molecule has 1 fully saturated rings. The van der Waals surface area contributed by atoms with Crippen LogP contribution in [0.3, 0.4) is 0 Å². The summed E-state index contributed by atoms with van der Waals surface area (Å²) in [7, 11) is 0. The molecule has 2 aromatic rings. The number of aromatic hydroxyl groups is 1. The monoisotopic (exact) mass is 424 g/mol. The van der Waals surface area contributed by atoms with Crippen molar-refractivity contribution in [2.75, 3.05) is 26.2 Å². The average molecular weight is 426 g/mol. The van der Waals surface area contributed by atoms with Crippen molar-refractivity contribution < 1.29 is 5.11 Å². The number of hydrogen-bond donors (Lipinski definition) is 2. The SMILES string of the molecule is Cl.Cl.Oc1cc(Br)ccc1[C@@H](c1cccs1)N1CCNCC1. The van der Waals surface area contributed by atoms with E-state index >= 15 is 0 Å². The molecule has 1 aromatic carbocycles. The van der Waals surface area contributed by atoms with Crippen LogP contribution >= 0.6 is 52.1 Å². The summed E-state index contributed by atoms with van der Waals surface area (Å²) in [6.45, 7) is 3.99. The highest BCUT2D eigenvalue weighted by Crippen LogP contribution is 2.37. The largest absolute Gasteiger partial charge is 0.508 e. The van der Waals surface area contributed by atoms with Gasteiger partial charge in [0.15, 0.2) is 0 Å². The van der Waals surface area contributed by atoms with Crippen LogP contribution in [0.25, 0.3) is 0 Å². The molecule has 0 unspecified atom stereocenters. The zero-order chi connectivity index (χ0) is 13.9. The van der Waals surface area contributed by atoms with Crippen molar-refractivity contribution in [2.24, 2.45) is 0 Å². The summed E-state index contributed by atoms with van der Waals surface area (Å²) in [6, 6.07) is 10.2. The molecule has 22 heavy (non-hydrogen) atoms. The van der Waals surface area contributed by atoms with Gasteiger partial charge in [0.1, 0.15) is 5.75 Å². The van der Waals surface area contributed by atoms with E-state index in [1.807, 2.05) is 12.1 Å². The zero-order valence-corrected chi connectivity index (χ0v) is 15.9. The predicted molar refractivity (Wildman–Crippen MR) is 101 cm³/mol. The van der Waals surface area contributed by atoms with Gasteiger partial charge in [0.05, 0.1) is 6.04 Å². The fourth-order valence-corrected chi connectivity index (χ4v) is 3.89. The Hall–Kier alpha value is -0.300. The summed E-state index contributed by atoms with van der Waals surface area (Å²) in [5, 5.41) is 15.8. The Kier molecular flexibility index (Phi) is 8.17. The first-order valence-corrected chi connectivity index (χ1v) is 8.39. The van der Waals surface area contributed by atoms with Crippen LogP contribution < -0.4 is 5.32 Å². The second kappa shape index (κ2) is 9.11. The molecule has 2 heterocycles. The molecule has 2 N–H and O–H groups in total. The number of phenolic OH excluding ortho intramolecular Hbond substituents is 1. The summed E-state index contributed by atoms with van der Waals surface area (Å²) in [5.41, 5.74) is 0.984. The van der Waals surface area contributed by atoms with Crippen molar-refractivity contribution in [1.82, 2.24) is 10.2 Å². The quantitative estimate of drug-likeness (QED) is 0.778. The number of hydrogen-bond acceptors (Lipinski definition) is 4. The van der Waals surface area contributed by atoms with E-state index in [1.54, 1.807) is 17.4 Å². The van der Waals surface area contributed by atoms with Crippen LogP contribution in [0.5, 0.6) is 5.75 Å². The molecular formula is C15H19BrCl2N2OS. The maximum atomic E-state index is 10.3. The number of nitrogens with one attached hydrogen (secondary N) is 1. The van der Waals surface area contributed by atoms with Gasteiger partial charge in [0.25, 0.3) is 0 Å². The lowest BCUT2D eigenvalue weighted by Gasteiger charge is -2.35. The lowest BCUT2D eigenvalue weighted by atomic mass is 10.0. The first-order chi connectivity index (χ1) is 9.75. The molecule has 0 saturated carbocycles. The van der Waals surface area contributed by atoms with Gasteiger partial charge in [-0.2, -0.15) is 0 Å². The highest BCUT2D eigenvalue weighted by Gasteiger charge is 2.26. The molecule has 3 nitrogen and oxygen atoms in total. The molecule has 1 aliphatic heterocycles.